The first-order valence-corrected chi connectivity index (χ1v) is 6.85. The van der Waals surface area contributed by atoms with Crippen LogP contribution in [0.2, 0.25) is 15.1 Å². The van der Waals surface area contributed by atoms with Crippen LogP contribution in [-0.4, -0.2) is 4.99 Å². The van der Waals surface area contributed by atoms with Crippen LogP contribution >= 0.6 is 47.0 Å². The van der Waals surface area contributed by atoms with Crippen molar-refractivity contribution in [3.8, 4) is 11.5 Å². The molecule has 0 bridgehead atoms. The topological polar surface area (TPSA) is 35.2 Å². The van der Waals surface area contributed by atoms with E-state index in [-0.39, 0.29) is 37.1 Å². The van der Waals surface area contributed by atoms with Crippen LogP contribution in [0.5, 0.6) is 11.5 Å². The SMILES string of the molecule is NC(=S)c1c(F)cccc1Oc1cc(Cl)c(Cl)cc1Cl. The first-order chi connectivity index (χ1) is 9.40. The Balaban J connectivity index is 2.48. The summed E-state index contributed by atoms with van der Waals surface area (Å²) < 4.78 is 19.3. The molecule has 0 radical (unpaired) electrons. The molecule has 0 unspecified atom stereocenters. The van der Waals surface area contributed by atoms with Crippen molar-refractivity contribution in [2.45, 2.75) is 0 Å². The van der Waals surface area contributed by atoms with E-state index in [0.29, 0.717) is 0 Å². The predicted molar refractivity (Wildman–Crippen MR) is 83.8 cm³/mol. The molecular formula is C13H7Cl3FNOS. The van der Waals surface area contributed by atoms with E-state index < -0.39 is 5.82 Å². The average Bonchev–Trinajstić information content (AvgIpc) is 2.35. The lowest BCUT2D eigenvalue weighted by molar-refractivity contribution is 0.475. The van der Waals surface area contributed by atoms with Gasteiger partial charge in [0.05, 0.1) is 20.6 Å². The second-order valence-corrected chi connectivity index (χ2v) is 5.44. The molecular weight excluding hydrogens is 344 g/mol. The van der Waals surface area contributed by atoms with Crippen molar-refractivity contribution in [3.63, 3.8) is 0 Å². The molecule has 0 aromatic heterocycles. The zero-order valence-electron chi connectivity index (χ0n) is 9.79. The molecule has 2 aromatic carbocycles. The van der Waals surface area contributed by atoms with Crippen molar-refractivity contribution in [2.24, 2.45) is 5.73 Å². The van der Waals surface area contributed by atoms with Crippen LogP contribution in [-0.2, 0) is 0 Å². The maximum atomic E-state index is 13.7. The Morgan fingerprint density at radius 2 is 1.70 bits per heavy atom. The van der Waals surface area contributed by atoms with Gasteiger partial charge in [0.15, 0.2) is 0 Å². The number of hydrogen-bond acceptors (Lipinski definition) is 2. The van der Waals surface area contributed by atoms with Gasteiger partial charge in [-0.05, 0) is 18.2 Å². The van der Waals surface area contributed by atoms with Crippen molar-refractivity contribution in [3.05, 3.63) is 56.8 Å². The number of ether oxygens (including phenoxy) is 1. The van der Waals surface area contributed by atoms with Gasteiger partial charge in [-0.1, -0.05) is 53.1 Å². The molecule has 2 nitrogen and oxygen atoms in total. The van der Waals surface area contributed by atoms with Crippen LogP contribution < -0.4 is 10.5 Å². The minimum Gasteiger partial charge on any atom is -0.455 e. The maximum absolute atomic E-state index is 13.7. The Labute approximate surface area is 135 Å². The fourth-order valence-electron chi connectivity index (χ4n) is 1.53. The highest BCUT2D eigenvalue weighted by molar-refractivity contribution is 7.80. The number of halogens is 4. The standard InChI is InChI=1S/C13H7Cl3FNOS/c14-6-4-8(16)11(5-7(6)15)19-10-3-1-2-9(17)12(10)13(18)20/h1-5H,(H2,18,20). The van der Waals surface area contributed by atoms with E-state index in [2.05, 4.69) is 0 Å². The van der Waals surface area contributed by atoms with Crippen molar-refractivity contribution in [1.29, 1.82) is 0 Å². The Kier molecular flexibility index (Phi) is 4.70. The molecule has 104 valence electrons. The molecule has 0 saturated carbocycles. The van der Waals surface area contributed by atoms with Crippen LogP contribution in [0.25, 0.3) is 0 Å². The summed E-state index contributed by atoms with van der Waals surface area (Å²) in [6.07, 6.45) is 0. The third-order valence-corrected chi connectivity index (χ3v) is 3.64. The molecule has 2 aromatic rings. The zero-order chi connectivity index (χ0) is 14.9. The highest BCUT2D eigenvalue weighted by Gasteiger charge is 2.15. The monoisotopic (exact) mass is 349 g/mol. The van der Waals surface area contributed by atoms with Crippen LogP contribution in [0, 0.1) is 5.82 Å². The normalized spacial score (nSPS) is 10.4. The van der Waals surface area contributed by atoms with Crippen LogP contribution in [0.3, 0.4) is 0 Å². The Hall–Kier alpha value is -1.07. The number of hydrogen-bond donors (Lipinski definition) is 1. The molecule has 0 spiro atoms. The van der Waals surface area contributed by atoms with Gasteiger partial charge in [-0.3, -0.25) is 0 Å². The van der Waals surface area contributed by atoms with Crippen molar-refractivity contribution in [2.75, 3.05) is 0 Å². The van der Waals surface area contributed by atoms with Gasteiger partial charge in [0.1, 0.15) is 22.3 Å². The van der Waals surface area contributed by atoms with Crippen molar-refractivity contribution < 1.29 is 9.13 Å². The van der Waals surface area contributed by atoms with Crippen LogP contribution in [0.4, 0.5) is 4.39 Å². The van der Waals surface area contributed by atoms with E-state index in [4.69, 9.17) is 57.5 Å². The molecule has 2 rings (SSSR count). The minimum absolute atomic E-state index is 0.00430. The van der Waals surface area contributed by atoms with E-state index in [1.807, 2.05) is 0 Å². The van der Waals surface area contributed by atoms with Crippen LogP contribution in [0.15, 0.2) is 30.3 Å². The van der Waals surface area contributed by atoms with E-state index in [1.165, 1.54) is 30.3 Å². The number of rotatable bonds is 3. The first-order valence-electron chi connectivity index (χ1n) is 5.31. The van der Waals surface area contributed by atoms with Gasteiger partial charge in [0.25, 0.3) is 0 Å². The van der Waals surface area contributed by atoms with Gasteiger partial charge in [-0.15, -0.1) is 0 Å². The summed E-state index contributed by atoms with van der Waals surface area (Å²) in [5.74, 6) is -0.201. The molecule has 2 N–H and O–H groups in total. The highest BCUT2D eigenvalue weighted by Crippen LogP contribution is 2.37. The molecule has 0 saturated heterocycles. The van der Waals surface area contributed by atoms with E-state index in [9.17, 15) is 4.39 Å². The maximum Gasteiger partial charge on any atom is 0.147 e. The summed E-state index contributed by atoms with van der Waals surface area (Å²) in [5.41, 5.74) is 5.50. The molecule has 0 aliphatic heterocycles. The van der Waals surface area contributed by atoms with Crippen LogP contribution in [0.1, 0.15) is 5.56 Å². The molecule has 0 fully saturated rings. The molecule has 7 heteroatoms. The summed E-state index contributed by atoms with van der Waals surface area (Å²) >= 11 is 22.5. The molecule has 0 aliphatic carbocycles. The van der Waals surface area contributed by atoms with Gasteiger partial charge in [-0.25, -0.2) is 4.39 Å². The second-order valence-electron chi connectivity index (χ2n) is 3.78. The summed E-state index contributed by atoms with van der Waals surface area (Å²) in [6.45, 7) is 0. The van der Waals surface area contributed by atoms with Gasteiger partial charge >= 0.3 is 0 Å². The first kappa shape index (κ1) is 15.3. The summed E-state index contributed by atoms with van der Waals surface area (Å²) in [5, 5.41) is 0.787. The Morgan fingerprint density at radius 1 is 1.05 bits per heavy atom. The zero-order valence-corrected chi connectivity index (χ0v) is 12.9. The third-order valence-electron chi connectivity index (χ3n) is 2.42. The largest absolute Gasteiger partial charge is 0.455 e. The average molecular weight is 351 g/mol. The lowest BCUT2D eigenvalue weighted by Crippen LogP contribution is -2.13. The molecule has 0 heterocycles. The van der Waals surface area contributed by atoms with Gasteiger partial charge < -0.3 is 10.5 Å². The Morgan fingerprint density at radius 3 is 2.35 bits per heavy atom. The molecule has 0 atom stereocenters. The number of thiocarbonyl (C=S) groups is 1. The number of benzene rings is 2. The fourth-order valence-corrected chi connectivity index (χ4v) is 2.30. The molecule has 0 aliphatic rings. The third kappa shape index (κ3) is 3.15. The molecule has 20 heavy (non-hydrogen) atoms. The lowest BCUT2D eigenvalue weighted by atomic mass is 10.2. The Bertz CT molecular complexity index is 694. The van der Waals surface area contributed by atoms with Gasteiger partial charge in [0.2, 0.25) is 0 Å². The van der Waals surface area contributed by atoms with Crippen molar-refractivity contribution in [1.82, 2.24) is 0 Å². The summed E-state index contributed by atoms with van der Waals surface area (Å²) in [4.78, 5) is -0.116. The quantitative estimate of drug-likeness (QED) is 0.609. The fraction of sp³-hybridized carbons (Fsp3) is 0. The van der Waals surface area contributed by atoms with E-state index in [1.54, 1.807) is 0 Å². The van der Waals surface area contributed by atoms with Crippen molar-refractivity contribution >= 4 is 52.0 Å². The van der Waals surface area contributed by atoms with E-state index in [0.717, 1.165) is 0 Å². The summed E-state index contributed by atoms with van der Waals surface area (Å²) in [7, 11) is 0. The van der Waals surface area contributed by atoms with Gasteiger partial charge in [0, 0.05) is 6.07 Å². The summed E-state index contributed by atoms with van der Waals surface area (Å²) in [6, 6.07) is 7.09. The van der Waals surface area contributed by atoms with Gasteiger partial charge in [-0.2, -0.15) is 0 Å². The smallest absolute Gasteiger partial charge is 0.147 e. The lowest BCUT2D eigenvalue weighted by Gasteiger charge is -2.12. The molecule has 0 amide bonds. The number of nitrogens with two attached hydrogens (primary N) is 1. The van der Waals surface area contributed by atoms with E-state index >= 15 is 0 Å². The highest BCUT2D eigenvalue weighted by atomic mass is 35.5. The minimum atomic E-state index is -0.578. The second kappa shape index (κ2) is 6.14. The predicted octanol–water partition coefficient (Wildman–Crippen LogP) is 5.21.